The molecule has 1 aromatic carbocycles. The number of nitrogens with two attached hydrogens (primary N) is 1. The van der Waals surface area contributed by atoms with Gasteiger partial charge < -0.3 is 20.7 Å². The van der Waals surface area contributed by atoms with Crippen LogP contribution >= 0.6 is 0 Å². The first-order valence-corrected chi connectivity index (χ1v) is 7.04. The van der Waals surface area contributed by atoms with Crippen LogP contribution in [0.15, 0.2) is 24.3 Å². The third-order valence-electron chi connectivity index (χ3n) is 3.07. The summed E-state index contributed by atoms with van der Waals surface area (Å²) in [5.74, 6) is 0.128. The fourth-order valence-corrected chi connectivity index (χ4v) is 1.87. The van der Waals surface area contributed by atoms with Crippen molar-refractivity contribution in [2.75, 3.05) is 25.4 Å². The Morgan fingerprint density at radius 3 is 2.33 bits per heavy atom. The van der Waals surface area contributed by atoms with Crippen molar-refractivity contribution in [3.8, 4) is 5.75 Å². The molecule has 1 unspecified atom stereocenters. The van der Waals surface area contributed by atoms with Crippen LogP contribution in [-0.4, -0.2) is 42.5 Å². The van der Waals surface area contributed by atoms with Crippen molar-refractivity contribution in [1.82, 2.24) is 10.2 Å². The molecule has 0 saturated carbocycles. The van der Waals surface area contributed by atoms with Crippen LogP contribution in [0.25, 0.3) is 0 Å². The number of amides is 2. The van der Waals surface area contributed by atoms with E-state index in [1.54, 1.807) is 36.1 Å². The Labute approximate surface area is 125 Å². The first-order valence-electron chi connectivity index (χ1n) is 7.04. The Hall–Kier alpha value is -2.24. The third-order valence-corrected chi connectivity index (χ3v) is 3.07. The van der Waals surface area contributed by atoms with Gasteiger partial charge in [-0.2, -0.15) is 0 Å². The van der Waals surface area contributed by atoms with Gasteiger partial charge in [-0.15, -0.1) is 0 Å². The minimum Gasteiger partial charge on any atom is -0.484 e. The van der Waals surface area contributed by atoms with E-state index in [-0.39, 0.29) is 18.4 Å². The fourth-order valence-electron chi connectivity index (χ4n) is 1.87. The van der Waals surface area contributed by atoms with Gasteiger partial charge in [-0.25, -0.2) is 0 Å². The normalized spacial score (nSPS) is 11.6. The first kappa shape index (κ1) is 16.8. The molecule has 0 saturated heterocycles. The minimum absolute atomic E-state index is 0.0964. The third kappa shape index (κ3) is 5.33. The van der Waals surface area contributed by atoms with E-state index in [9.17, 15) is 9.59 Å². The molecule has 2 amide bonds. The van der Waals surface area contributed by atoms with Gasteiger partial charge in [0, 0.05) is 18.8 Å². The molecule has 21 heavy (non-hydrogen) atoms. The highest BCUT2D eigenvalue weighted by Crippen LogP contribution is 2.12. The lowest BCUT2D eigenvalue weighted by molar-refractivity contribution is -0.136. The second kappa shape index (κ2) is 8.14. The molecule has 1 rings (SSSR count). The fraction of sp³-hybridized carbons (Fsp3) is 0.467. The summed E-state index contributed by atoms with van der Waals surface area (Å²) in [6, 6.07) is 6.20. The van der Waals surface area contributed by atoms with E-state index < -0.39 is 6.04 Å². The largest absolute Gasteiger partial charge is 0.484 e. The Kier molecular flexibility index (Phi) is 6.52. The molecule has 1 atom stereocenters. The summed E-state index contributed by atoms with van der Waals surface area (Å²) in [5.41, 5.74) is 6.19. The van der Waals surface area contributed by atoms with Crippen LogP contribution in [0.3, 0.4) is 0 Å². The topological polar surface area (TPSA) is 84.7 Å². The molecule has 6 nitrogen and oxygen atoms in total. The maximum Gasteiger partial charge on any atom is 0.258 e. The van der Waals surface area contributed by atoms with Crippen LogP contribution in [0.5, 0.6) is 5.75 Å². The highest BCUT2D eigenvalue weighted by atomic mass is 16.5. The van der Waals surface area contributed by atoms with Crippen molar-refractivity contribution < 1.29 is 14.3 Å². The Bertz CT molecular complexity index is 470. The smallest absolute Gasteiger partial charge is 0.258 e. The Balaban J connectivity index is 2.42. The van der Waals surface area contributed by atoms with Crippen LogP contribution < -0.4 is 15.8 Å². The number of rotatable bonds is 7. The van der Waals surface area contributed by atoms with Crippen molar-refractivity contribution in [1.29, 1.82) is 0 Å². The molecule has 0 radical (unpaired) electrons. The van der Waals surface area contributed by atoms with E-state index in [4.69, 9.17) is 10.5 Å². The Morgan fingerprint density at radius 1 is 1.24 bits per heavy atom. The standard InChI is InChI=1S/C15H23N3O3/c1-4-18(5-2)15(20)11(3)17-14(19)10-21-13-8-6-12(16)7-9-13/h6-9,11H,4-5,10,16H2,1-3H3,(H,17,19). The number of nitrogens with zero attached hydrogens (tertiary/aromatic N) is 1. The van der Waals surface area contributed by atoms with Crippen molar-refractivity contribution in [3.63, 3.8) is 0 Å². The average molecular weight is 293 g/mol. The molecule has 0 aliphatic carbocycles. The monoisotopic (exact) mass is 293 g/mol. The highest BCUT2D eigenvalue weighted by Gasteiger charge is 2.19. The van der Waals surface area contributed by atoms with Gasteiger partial charge in [-0.1, -0.05) is 0 Å². The van der Waals surface area contributed by atoms with E-state index in [1.165, 1.54) is 0 Å². The molecular formula is C15H23N3O3. The number of ether oxygens (including phenoxy) is 1. The van der Waals surface area contributed by atoms with E-state index in [2.05, 4.69) is 5.32 Å². The molecule has 0 aliphatic rings. The van der Waals surface area contributed by atoms with Crippen molar-refractivity contribution in [3.05, 3.63) is 24.3 Å². The van der Waals surface area contributed by atoms with Crippen LogP contribution in [0.2, 0.25) is 0 Å². The summed E-state index contributed by atoms with van der Waals surface area (Å²) < 4.78 is 5.32. The van der Waals surface area contributed by atoms with Gasteiger partial charge in [-0.05, 0) is 45.0 Å². The number of anilines is 1. The van der Waals surface area contributed by atoms with Crippen molar-refractivity contribution in [2.45, 2.75) is 26.8 Å². The van der Waals surface area contributed by atoms with Crippen molar-refractivity contribution in [2.24, 2.45) is 0 Å². The van der Waals surface area contributed by atoms with E-state index in [0.29, 0.717) is 24.5 Å². The maximum absolute atomic E-state index is 12.0. The molecule has 0 spiro atoms. The number of hydrogen-bond donors (Lipinski definition) is 2. The van der Waals surface area contributed by atoms with Crippen LogP contribution in [-0.2, 0) is 9.59 Å². The zero-order chi connectivity index (χ0) is 15.8. The SMILES string of the molecule is CCN(CC)C(=O)C(C)NC(=O)COc1ccc(N)cc1. The number of nitrogen functional groups attached to an aromatic ring is 1. The van der Waals surface area contributed by atoms with Gasteiger partial charge in [0.25, 0.3) is 5.91 Å². The summed E-state index contributed by atoms with van der Waals surface area (Å²) in [6.45, 7) is 6.58. The van der Waals surface area contributed by atoms with Crippen LogP contribution in [0.4, 0.5) is 5.69 Å². The summed E-state index contributed by atoms with van der Waals surface area (Å²) in [7, 11) is 0. The number of likely N-dealkylation sites (N-methyl/N-ethyl adjacent to an activating group) is 1. The van der Waals surface area contributed by atoms with Gasteiger partial charge in [0.15, 0.2) is 6.61 Å². The minimum atomic E-state index is -0.563. The molecule has 0 bridgehead atoms. The lowest BCUT2D eigenvalue weighted by Crippen LogP contribution is -2.48. The van der Waals surface area contributed by atoms with Crippen LogP contribution in [0, 0.1) is 0 Å². The molecule has 0 aromatic heterocycles. The maximum atomic E-state index is 12.0. The lowest BCUT2D eigenvalue weighted by atomic mass is 10.2. The zero-order valence-corrected chi connectivity index (χ0v) is 12.8. The molecule has 3 N–H and O–H groups in total. The molecule has 0 aliphatic heterocycles. The van der Waals surface area contributed by atoms with Gasteiger partial charge in [0.05, 0.1) is 0 Å². The summed E-state index contributed by atoms with van der Waals surface area (Å²) in [5, 5.41) is 2.63. The number of carbonyl (C=O) groups is 2. The summed E-state index contributed by atoms with van der Waals surface area (Å²) >= 11 is 0. The second-order valence-electron chi connectivity index (χ2n) is 4.66. The predicted molar refractivity (Wildman–Crippen MR) is 81.9 cm³/mol. The van der Waals surface area contributed by atoms with E-state index in [0.717, 1.165) is 0 Å². The number of hydrogen-bond acceptors (Lipinski definition) is 4. The molecule has 0 fully saturated rings. The second-order valence-corrected chi connectivity index (χ2v) is 4.66. The van der Waals surface area contributed by atoms with Gasteiger partial charge in [0.1, 0.15) is 11.8 Å². The molecular weight excluding hydrogens is 270 g/mol. The summed E-state index contributed by atoms with van der Waals surface area (Å²) in [6.07, 6.45) is 0. The predicted octanol–water partition coefficient (Wildman–Crippen LogP) is 1.02. The first-order chi connectivity index (χ1) is 9.97. The molecule has 0 heterocycles. The van der Waals surface area contributed by atoms with Gasteiger partial charge >= 0.3 is 0 Å². The molecule has 116 valence electrons. The summed E-state index contributed by atoms with van der Waals surface area (Å²) in [4.78, 5) is 25.4. The highest BCUT2D eigenvalue weighted by molar-refractivity contribution is 5.87. The molecule has 6 heteroatoms. The number of carbonyl (C=O) groups excluding carboxylic acids is 2. The van der Waals surface area contributed by atoms with Gasteiger partial charge in [0.2, 0.25) is 5.91 Å². The van der Waals surface area contributed by atoms with Gasteiger partial charge in [-0.3, -0.25) is 9.59 Å². The van der Waals surface area contributed by atoms with E-state index >= 15 is 0 Å². The average Bonchev–Trinajstić information content (AvgIpc) is 2.47. The molecule has 1 aromatic rings. The van der Waals surface area contributed by atoms with E-state index in [1.807, 2.05) is 13.8 Å². The number of nitrogens with one attached hydrogen (secondary N) is 1. The lowest BCUT2D eigenvalue weighted by Gasteiger charge is -2.23. The quantitative estimate of drug-likeness (QED) is 0.735. The van der Waals surface area contributed by atoms with Crippen molar-refractivity contribution >= 4 is 17.5 Å². The Morgan fingerprint density at radius 2 is 1.81 bits per heavy atom. The number of benzene rings is 1. The van der Waals surface area contributed by atoms with Crippen LogP contribution in [0.1, 0.15) is 20.8 Å². The zero-order valence-electron chi connectivity index (χ0n) is 12.8.